The van der Waals surface area contributed by atoms with Crippen LogP contribution in [0.25, 0.3) is 0 Å². The number of carbonyl (C=O) groups is 2. The molecule has 0 fully saturated rings. The summed E-state index contributed by atoms with van der Waals surface area (Å²) < 4.78 is 5.09. The fourth-order valence-corrected chi connectivity index (χ4v) is 1.24. The van der Waals surface area contributed by atoms with Gasteiger partial charge in [0.15, 0.2) is 0 Å². The summed E-state index contributed by atoms with van der Waals surface area (Å²) in [4.78, 5) is 22.2. The quantitative estimate of drug-likeness (QED) is 0.612. The molecule has 16 heavy (non-hydrogen) atoms. The highest BCUT2D eigenvalue weighted by molar-refractivity contribution is 5.83. The summed E-state index contributed by atoms with van der Waals surface area (Å²) in [5.41, 5.74) is 0. The molecule has 0 aromatic rings. The van der Waals surface area contributed by atoms with Gasteiger partial charge >= 0.3 is 5.97 Å². The lowest BCUT2D eigenvalue weighted by Gasteiger charge is -2.17. The third-order valence-corrected chi connectivity index (χ3v) is 2.15. The zero-order valence-electron chi connectivity index (χ0n) is 10.2. The molecule has 94 valence electrons. The van der Waals surface area contributed by atoms with Gasteiger partial charge in [-0.15, -0.1) is 0 Å². The van der Waals surface area contributed by atoms with Crippen molar-refractivity contribution in [2.75, 3.05) is 13.2 Å². The maximum atomic E-state index is 11.4. The lowest BCUT2D eigenvalue weighted by atomic mass is 10.0. The molecule has 0 aliphatic carbocycles. The fraction of sp³-hybridized carbons (Fsp3) is 0.818. The molecular weight excluding hydrogens is 210 g/mol. The third kappa shape index (κ3) is 6.40. The van der Waals surface area contributed by atoms with E-state index in [0.717, 1.165) is 0 Å². The lowest BCUT2D eigenvalue weighted by Crippen LogP contribution is -2.44. The molecule has 0 aliphatic heterocycles. The number of carboxylic acids is 1. The van der Waals surface area contributed by atoms with Gasteiger partial charge in [0.25, 0.3) is 0 Å². The molecule has 0 heterocycles. The predicted molar refractivity (Wildman–Crippen MR) is 60.1 cm³/mol. The monoisotopic (exact) mass is 231 g/mol. The number of hydrogen-bond acceptors (Lipinski definition) is 3. The number of aliphatic carboxylic acids is 1. The number of amides is 1. The standard InChI is InChI=1S/C11H21NO4/c1-4-16-7-5-6-9(13)12-10(8(2)3)11(14)15/h8,10H,4-7H2,1-3H3,(H,12,13)(H,14,15). The molecule has 0 spiro atoms. The van der Waals surface area contributed by atoms with Crippen LogP contribution in [0, 0.1) is 5.92 Å². The number of hydrogen-bond donors (Lipinski definition) is 2. The topological polar surface area (TPSA) is 75.6 Å². The van der Waals surface area contributed by atoms with Crippen LogP contribution in [0.3, 0.4) is 0 Å². The second kappa shape index (κ2) is 8.10. The van der Waals surface area contributed by atoms with Crippen molar-refractivity contribution in [1.82, 2.24) is 5.32 Å². The van der Waals surface area contributed by atoms with Crippen LogP contribution in [-0.4, -0.2) is 36.2 Å². The maximum Gasteiger partial charge on any atom is 0.326 e. The fourth-order valence-electron chi connectivity index (χ4n) is 1.24. The summed E-state index contributed by atoms with van der Waals surface area (Å²) in [5.74, 6) is -1.35. The number of carboxylic acid groups (broad SMARTS) is 1. The number of carbonyl (C=O) groups excluding carboxylic acids is 1. The Morgan fingerprint density at radius 2 is 2.00 bits per heavy atom. The van der Waals surface area contributed by atoms with Crippen molar-refractivity contribution >= 4 is 11.9 Å². The Bertz CT molecular complexity index is 228. The Kier molecular flexibility index (Phi) is 7.54. The van der Waals surface area contributed by atoms with Gasteiger partial charge in [-0.3, -0.25) is 4.79 Å². The molecule has 0 saturated heterocycles. The first-order valence-corrected chi connectivity index (χ1v) is 5.59. The van der Waals surface area contributed by atoms with Crippen molar-refractivity contribution in [2.45, 2.75) is 39.7 Å². The number of ether oxygens (including phenoxy) is 1. The molecule has 1 atom stereocenters. The molecule has 0 aliphatic rings. The highest BCUT2D eigenvalue weighted by Gasteiger charge is 2.22. The van der Waals surface area contributed by atoms with E-state index in [4.69, 9.17) is 9.84 Å². The minimum atomic E-state index is -0.992. The second-order valence-electron chi connectivity index (χ2n) is 3.93. The van der Waals surface area contributed by atoms with Gasteiger partial charge in [0.1, 0.15) is 6.04 Å². The van der Waals surface area contributed by atoms with Crippen LogP contribution in [0.1, 0.15) is 33.6 Å². The SMILES string of the molecule is CCOCCCC(=O)NC(C(=O)O)C(C)C. The van der Waals surface area contributed by atoms with E-state index in [9.17, 15) is 9.59 Å². The van der Waals surface area contributed by atoms with Crippen molar-refractivity contribution in [3.8, 4) is 0 Å². The molecule has 1 unspecified atom stereocenters. The maximum absolute atomic E-state index is 11.4. The van der Waals surface area contributed by atoms with Crippen molar-refractivity contribution in [1.29, 1.82) is 0 Å². The minimum absolute atomic E-state index is 0.117. The average Bonchev–Trinajstić information content (AvgIpc) is 2.20. The van der Waals surface area contributed by atoms with Crippen LogP contribution in [0.4, 0.5) is 0 Å². The van der Waals surface area contributed by atoms with E-state index in [1.165, 1.54) is 0 Å². The van der Waals surface area contributed by atoms with Crippen LogP contribution in [0.5, 0.6) is 0 Å². The van der Waals surface area contributed by atoms with Gasteiger partial charge in [-0.2, -0.15) is 0 Å². The van der Waals surface area contributed by atoms with Crippen molar-refractivity contribution in [3.05, 3.63) is 0 Å². The first-order valence-electron chi connectivity index (χ1n) is 5.59. The van der Waals surface area contributed by atoms with Crippen molar-refractivity contribution < 1.29 is 19.4 Å². The molecule has 0 saturated carbocycles. The second-order valence-corrected chi connectivity index (χ2v) is 3.93. The number of rotatable bonds is 8. The van der Waals surface area contributed by atoms with Gasteiger partial charge in [0.05, 0.1) is 0 Å². The van der Waals surface area contributed by atoms with Gasteiger partial charge in [-0.05, 0) is 19.3 Å². The summed E-state index contributed by atoms with van der Waals surface area (Å²) in [7, 11) is 0. The molecule has 0 aromatic heterocycles. The Labute approximate surface area is 96.2 Å². The summed E-state index contributed by atoms with van der Waals surface area (Å²) in [5, 5.41) is 11.4. The van der Waals surface area contributed by atoms with E-state index in [0.29, 0.717) is 26.1 Å². The van der Waals surface area contributed by atoms with Crippen molar-refractivity contribution in [2.24, 2.45) is 5.92 Å². The Balaban J connectivity index is 3.87. The van der Waals surface area contributed by atoms with E-state index in [-0.39, 0.29) is 11.8 Å². The first-order chi connectivity index (χ1) is 7.49. The lowest BCUT2D eigenvalue weighted by molar-refractivity contribution is -0.143. The minimum Gasteiger partial charge on any atom is -0.480 e. The van der Waals surface area contributed by atoms with Gasteiger partial charge in [-0.25, -0.2) is 4.79 Å². The molecular formula is C11H21NO4. The number of nitrogens with one attached hydrogen (secondary N) is 1. The molecule has 0 rings (SSSR count). The van der Waals surface area contributed by atoms with Gasteiger partial charge in [0.2, 0.25) is 5.91 Å². The largest absolute Gasteiger partial charge is 0.480 e. The van der Waals surface area contributed by atoms with Gasteiger partial charge < -0.3 is 15.2 Å². The average molecular weight is 231 g/mol. The highest BCUT2D eigenvalue weighted by atomic mass is 16.5. The van der Waals surface area contributed by atoms with Gasteiger partial charge in [-0.1, -0.05) is 13.8 Å². The van der Waals surface area contributed by atoms with Crippen LogP contribution < -0.4 is 5.32 Å². The third-order valence-electron chi connectivity index (χ3n) is 2.15. The molecule has 0 radical (unpaired) electrons. The molecule has 2 N–H and O–H groups in total. The first kappa shape index (κ1) is 14.9. The van der Waals surface area contributed by atoms with Crippen LogP contribution in [0.2, 0.25) is 0 Å². The Morgan fingerprint density at radius 3 is 2.44 bits per heavy atom. The van der Waals surface area contributed by atoms with E-state index >= 15 is 0 Å². The van der Waals surface area contributed by atoms with Crippen LogP contribution in [-0.2, 0) is 14.3 Å². The smallest absolute Gasteiger partial charge is 0.326 e. The molecule has 1 amide bonds. The summed E-state index contributed by atoms with van der Waals surface area (Å²) in [6, 6.07) is -0.806. The Hall–Kier alpha value is -1.10. The van der Waals surface area contributed by atoms with E-state index in [2.05, 4.69) is 5.32 Å². The normalized spacial score (nSPS) is 12.5. The van der Waals surface area contributed by atoms with E-state index < -0.39 is 12.0 Å². The van der Waals surface area contributed by atoms with Crippen LogP contribution >= 0.6 is 0 Å². The van der Waals surface area contributed by atoms with Crippen molar-refractivity contribution in [3.63, 3.8) is 0 Å². The Morgan fingerprint density at radius 1 is 1.38 bits per heavy atom. The molecule has 0 aromatic carbocycles. The highest BCUT2D eigenvalue weighted by Crippen LogP contribution is 2.02. The molecule has 5 nitrogen and oxygen atoms in total. The zero-order chi connectivity index (χ0) is 12.6. The van der Waals surface area contributed by atoms with Crippen LogP contribution in [0.15, 0.2) is 0 Å². The molecule has 5 heteroatoms. The molecule has 0 bridgehead atoms. The summed E-state index contributed by atoms with van der Waals surface area (Å²) in [6.07, 6.45) is 0.917. The summed E-state index contributed by atoms with van der Waals surface area (Å²) in [6.45, 7) is 6.58. The van der Waals surface area contributed by atoms with E-state index in [1.54, 1.807) is 13.8 Å². The summed E-state index contributed by atoms with van der Waals surface area (Å²) >= 11 is 0. The van der Waals surface area contributed by atoms with E-state index in [1.807, 2.05) is 6.92 Å². The zero-order valence-corrected chi connectivity index (χ0v) is 10.2. The predicted octanol–water partition coefficient (Wildman–Crippen LogP) is 1.03. The van der Waals surface area contributed by atoms with Gasteiger partial charge in [0, 0.05) is 19.6 Å².